The summed E-state index contributed by atoms with van der Waals surface area (Å²) in [6, 6.07) is 26.1. The van der Waals surface area contributed by atoms with Gasteiger partial charge in [-0.05, 0) is 18.6 Å². The number of benzene rings is 3. The van der Waals surface area contributed by atoms with Gasteiger partial charge in [0.25, 0.3) is 0 Å². The zero-order valence-corrected chi connectivity index (χ0v) is 14.6. The smallest absolute Gasteiger partial charge is 0.128 e. The lowest BCUT2D eigenvalue weighted by atomic mass is 10.0. The molecule has 1 heterocycles. The van der Waals surface area contributed by atoms with E-state index in [0.717, 1.165) is 27.9 Å². The van der Waals surface area contributed by atoms with E-state index in [9.17, 15) is 5.11 Å². The molecule has 0 aliphatic carbocycles. The molecule has 128 valence electrons. The molecule has 0 bridgehead atoms. The molecule has 3 nitrogen and oxygen atoms in total. The van der Waals surface area contributed by atoms with Crippen LogP contribution in [0.3, 0.4) is 0 Å². The maximum Gasteiger partial charge on any atom is 0.128 e. The summed E-state index contributed by atoms with van der Waals surface area (Å²) in [4.78, 5) is 0. The van der Waals surface area contributed by atoms with Gasteiger partial charge in [0, 0.05) is 22.9 Å². The molecule has 0 spiro atoms. The molecule has 0 aliphatic rings. The number of hydrogen-bond donors (Lipinski definition) is 1. The van der Waals surface area contributed by atoms with Gasteiger partial charge in [0.05, 0.1) is 12.2 Å². The summed E-state index contributed by atoms with van der Waals surface area (Å²) in [5.41, 5.74) is 5.96. The summed E-state index contributed by atoms with van der Waals surface area (Å²) >= 11 is 0. The van der Waals surface area contributed by atoms with Gasteiger partial charge >= 0.3 is 0 Å². The Kier molecular flexibility index (Phi) is 4.28. The van der Waals surface area contributed by atoms with Crippen LogP contribution in [0.15, 0.2) is 85.1 Å². The van der Waals surface area contributed by atoms with Crippen LogP contribution < -0.4 is 0 Å². The summed E-state index contributed by atoms with van der Waals surface area (Å²) in [5, 5.41) is 15.4. The van der Waals surface area contributed by atoms with Gasteiger partial charge in [0.1, 0.15) is 5.75 Å². The fourth-order valence-electron chi connectivity index (χ4n) is 3.07. The number of aromatic hydroxyl groups is 1. The standard InChI is InChI=1S/C23H20N2O/c1-17-10-12-19(13-11-17)22-14-15-25(24-22)16-20-8-5-9-21(23(20)26)18-6-3-2-4-7-18/h2-15,26H,16H2,1H3. The van der Waals surface area contributed by atoms with Gasteiger partial charge in [-0.3, -0.25) is 4.68 Å². The predicted octanol–water partition coefficient (Wildman–Crippen LogP) is 5.28. The first-order valence-corrected chi connectivity index (χ1v) is 8.67. The van der Waals surface area contributed by atoms with Crippen molar-refractivity contribution in [3.8, 4) is 28.1 Å². The molecule has 1 aromatic heterocycles. The minimum atomic E-state index is 0.311. The molecule has 0 aliphatic heterocycles. The normalized spacial score (nSPS) is 10.8. The number of nitrogens with zero attached hydrogens (tertiary/aromatic N) is 2. The van der Waals surface area contributed by atoms with Gasteiger partial charge in [-0.25, -0.2) is 0 Å². The van der Waals surface area contributed by atoms with Crippen molar-refractivity contribution in [1.82, 2.24) is 9.78 Å². The van der Waals surface area contributed by atoms with Gasteiger partial charge in [-0.2, -0.15) is 5.10 Å². The minimum absolute atomic E-state index is 0.311. The van der Waals surface area contributed by atoms with Crippen molar-refractivity contribution in [2.24, 2.45) is 0 Å². The topological polar surface area (TPSA) is 38.0 Å². The lowest BCUT2D eigenvalue weighted by Crippen LogP contribution is -2.01. The molecule has 4 rings (SSSR count). The van der Waals surface area contributed by atoms with Gasteiger partial charge in [-0.1, -0.05) is 78.4 Å². The molecule has 1 N–H and O–H groups in total. The SMILES string of the molecule is Cc1ccc(-c2ccn(Cc3cccc(-c4ccccc4)c3O)n2)cc1. The molecule has 0 atom stereocenters. The first kappa shape index (κ1) is 16.2. The maximum absolute atomic E-state index is 10.7. The molecular formula is C23H20N2O. The molecule has 0 radical (unpaired) electrons. The second-order valence-corrected chi connectivity index (χ2v) is 6.44. The van der Waals surface area contributed by atoms with Crippen LogP contribution in [0.4, 0.5) is 0 Å². The Balaban J connectivity index is 1.61. The van der Waals surface area contributed by atoms with E-state index in [0.29, 0.717) is 12.3 Å². The maximum atomic E-state index is 10.7. The van der Waals surface area contributed by atoms with E-state index in [1.165, 1.54) is 5.56 Å². The highest BCUT2D eigenvalue weighted by molar-refractivity contribution is 5.71. The summed E-state index contributed by atoms with van der Waals surface area (Å²) in [7, 11) is 0. The number of aryl methyl sites for hydroxylation is 1. The molecule has 0 saturated carbocycles. The number of aromatic nitrogens is 2. The Labute approximate surface area is 153 Å². The number of rotatable bonds is 4. The van der Waals surface area contributed by atoms with E-state index in [1.807, 2.05) is 65.5 Å². The number of hydrogen-bond acceptors (Lipinski definition) is 2. The first-order chi connectivity index (χ1) is 12.7. The summed E-state index contributed by atoms with van der Waals surface area (Å²) in [6.45, 7) is 2.60. The van der Waals surface area contributed by atoms with Crippen LogP contribution in [0.25, 0.3) is 22.4 Å². The van der Waals surface area contributed by atoms with Crippen molar-refractivity contribution in [3.63, 3.8) is 0 Å². The van der Waals surface area contributed by atoms with Gasteiger partial charge in [0.15, 0.2) is 0 Å². The molecule has 4 aromatic rings. The number of para-hydroxylation sites is 1. The molecule has 0 saturated heterocycles. The van der Waals surface area contributed by atoms with Crippen molar-refractivity contribution in [1.29, 1.82) is 0 Å². The summed E-state index contributed by atoms with van der Waals surface area (Å²) in [6.07, 6.45) is 1.95. The lowest BCUT2D eigenvalue weighted by molar-refractivity contribution is 0.466. The first-order valence-electron chi connectivity index (χ1n) is 8.67. The Bertz CT molecular complexity index is 1020. The van der Waals surface area contributed by atoms with Crippen LogP contribution in [0.2, 0.25) is 0 Å². The lowest BCUT2D eigenvalue weighted by Gasteiger charge is -2.10. The Hall–Kier alpha value is -3.33. The van der Waals surface area contributed by atoms with Crippen molar-refractivity contribution < 1.29 is 5.11 Å². The van der Waals surface area contributed by atoms with E-state index in [2.05, 4.69) is 36.3 Å². The van der Waals surface area contributed by atoms with Crippen LogP contribution in [0.1, 0.15) is 11.1 Å². The molecule has 26 heavy (non-hydrogen) atoms. The zero-order chi connectivity index (χ0) is 17.9. The van der Waals surface area contributed by atoms with E-state index in [4.69, 9.17) is 0 Å². The van der Waals surface area contributed by atoms with Crippen molar-refractivity contribution in [3.05, 3.63) is 96.2 Å². The molecule has 3 aromatic carbocycles. The third-order valence-corrected chi connectivity index (χ3v) is 4.52. The third-order valence-electron chi connectivity index (χ3n) is 4.52. The zero-order valence-electron chi connectivity index (χ0n) is 14.6. The summed E-state index contributed by atoms with van der Waals surface area (Å²) in [5.74, 6) is 0.311. The molecular weight excluding hydrogens is 320 g/mol. The predicted molar refractivity (Wildman–Crippen MR) is 105 cm³/mol. The van der Waals surface area contributed by atoms with Crippen molar-refractivity contribution >= 4 is 0 Å². The molecule has 0 fully saturated rings. The van der Waals surface area contributed by atoms with E-state index < -0.39 is 0 Å². The minimum Gasteiger partial charge on any atom is -0.507 e. The van der Waals surface area contributed by atoms with Gasteiger partial charge < -0.3 is 5.11 Å². The van der Waals surface area contributed by atoms with Crippen molar-refractivity contribution in [2.75, 3.05) is 0 Å². The Morgan fingerprint density at radius 2 is 1.58 bits per heavy atom. The van der Waals surface area contributed by atoms with Gasteiger partial charge in [-0.15, -0.1) is 0 Å². The number of phenolic OH excluding ortho intramolecular Hbond substituents is 1. The van der Waals surface area contributed by atoms with Crippen LogP contribution in [-0.2, 0) is 6.54 Å². The molecule has 3 heteroatoms. The highest BCUT2D eigenvalue weighted by Gasteiger charge is 2.10. The van der Waals surface area contributed by atoms with Crippen LogP contribution >= 0.6 is 0 Å². The third kappa shape index (κ3) is 3.24. The van der Waals surface area contributed by atoms with Crippen LogP contribution in [-0.4, -0.2) is 14.9 Å². The average Bonchev–Trinajstić information content (AvgIpc) is 3.13. The fourth-order valence-corrected chi connectivity index (χ4v) is 3.07. The monoisotopic (exact) mass is 340 g/mol. The second-order valence-electron chi connectivity index (χ2n) is 6.44. The molecule has 0 amide bonds. The summed E-state index contributed by atoms with van der Waals surface area (Å²) < 4.78 is 1.86. The van der Waals surface area contributed by atoms with Gasteiger partial charge in [0.2, 0.25) is 0 Å². The van der Waals surface area contributed by atoms with E-state index >= 15 is 0 Å². The van der Waals surface area contributed by atoms with Crippen molar-refractivity contribution in [2.45, 2.75) is 13.5 Å². The highest BCUT2D eigenvalue weighted by Crippen LogP contribution is 2.32. The second kappa shape index (κ2) is 6.89. The largest absolute Gasteiger partial charge is 0.507 e. The Morgan fingerprint density at radius 3 is 2.35 bits per heavy atom. The molecule has 0 unspecified atom stereocenters. The quantitative estimate of drug-likeness (QED) is 0.549. The average molecular weight is 340 g/mol. The highest BCUT2D eigenvalue weighted by atomic mass is 16.3. The fraction of sp³-hybridized carbons (Fsp3) is 0.0870. The van der Waals surface area contributed by atoms with E-state index in [1.54, 1.807) is 0 Å². The van der Waals surface area contributed by atoms with Crippen LogP contribution in [0, 0.1) is 6.92 Å². The van der Waals surface area contributed by atoms with E-state index in [-0.39, 0.29) is 0 Å². The number of phenols is 1. The Morgan fingerprint density at radius 1 is 0.808 bits per heavy atom. The van der Waals surface area contributed by atoms with Crippen LogP contribution in [0.5, 0.6) is 5.75 Å².